The predicted octanol–water partition coefficient (Wildman–Crippen LogP) is 2.81. The minimum atomic E-state index is -0.181. The van der Waals surface area contributed by atoms with Crippen molar-refractivity contribution >= 4 is 11.3 Å². The molecule has 0 bridgehead atoms. The molecule has 0 unspecified atom stereocenters. The van der Waals surface area contributed by atoms with Gasteiger partial charge in [0, 0.05) is 10.4 Å². The summed E-state index contributed by atoms with van der Waals surface area (Å²) in [7, 11) is 3.29. The monoisotopic (exact) mass is 249 g/mol. The molecule has 1 aromatic carbocycles. The molecular formula is C13H15NO2S. The van der Waals surface area contributed by atoms with Crippen LogP contribution in [0.1, 0.15) is 16.5 Å². The van der Waals surface area contributed by atoms with Crippen molar-refractivity contribution in [1.29, 1.82) is 0 Å². The minimum Gasteiger partial charge on any atom is -0.497 e. The number of hydrogen-bond donors (Lipinski definition) is 1. The standard InChI is InChI=1S/C13H15NO2S/c1-15-9-5-6-11(16-2)10(8-9)13(14)12-4-3-7-17-12/h3-8,13H,14H2,1-2H3/t13-/m1/s1. The van der Waals surface area contributed by atoms with Crippen molar-refractivity contribution in [2.75, 3.05) is 14.2 Å². The summed E-state index contributed by atoms with van der Waals surface area (Å²) in [4.78, 5) is 1.11. The van der Waals surface area contributed by atoms with Crippen molar-refractivity contribution in [3.8, 4) is 11.5 Å². The first-order valence-corrected chi connectivity index (χ1v) is 6.15. The van der Waals surface area contributed by atoms with Gasteiger partial charge in [-0.15, -0.1) is 11.3 Å². The van der Waals surface area contributed by atoms with E-state index in [1.165, 1.54) is 0 Å². The molecular weight excluding hydrogens is 234 g/mol. The average Bonchev–Trinajstić information content (AvgIpc) is 2.91. The van der Waals surface area contributed by atoms with Gasteiger partial charge in [0.15, 0.2) is 0 Å². The first-order valence-electron chi connectivity index (χ1n) is 5.27. The van der Waals surface area contributed by atoms with Crippen molar-refractivity contribution in [2.24, 2.45) is 5.73 Å². The van der Waals surface area contributed by atoms with E-state index in [1.807, 2.05) is 35.7 Å². The van der Waals surface area contributed by atoms with Crippen LogP contribution in [-0.2, 0) is 0 Å². The van der Waals surface area contributed by atoms with Gasteiger partial charge in [-0.1, -0.05) is 6.07 Å². The van der Waals surface area contributed by atoms with E-state index in [9.17, 15) is 0 Å². The third kappa shape index (κ3) is 2.43. The van der Waals surface area contributed by atoms with E-state index >= 15 is 0 Å². The second kappa shape index (κ2) is 5.21. The Bertz CT molecular complexity index is 482. The van der Waals surface area contributed by atoms with Crippen LogP contribution >= 0.6 is 11.3 Å². The molecule has 1 atom stereocenters. The lowest BCUT2D eigenvalue weighted by Crippen LogP contribution is -2.11. The summed E-state index contributed by atoms with van der Waals surface area (Å²) in [5, 5.41) is 2.02. The van der Waals surface area contributed by atoms with E-state index in [2.05, 4.69) is 0 Å². The average molecular weight is 249 g/mol. The molecule has 17 heavy (non-hydrogen) atoms. The molecule has 0 aliphatic rings. The van der Waals surface area contributed by atoms with Crippen LogP contribution in [0.25, 0.3) is 0 Å². The maximum absolute atomic E-state index is 6.24. The molecule has 0 saturated heterocycles. The van der Waals surface area contributed by atoms with Crippen LogP contribution in [0.5, 0.6) is 11.5 Å². The first-order chi connectivity index (χ1) is 8.26. The molecule has 0 aliphatic carbocycles. The number of benzene rings is 1. The number of ether oxygens (including phenoxy) is 2. The van der Waals surface area contributed by atoms with E-state index in [0.29, 0.717) is 0 Å². The van der Waals surface area contributed by atoms with Gasteiger partial charge >= 0.3 is 0 Å². The summed E-state index contributed by atoms with van der Waals surface area (Å²) in [6.45, 7) is 0. The second-order valence-corrected chi connectivity index (χ2v) is 4.58. The molecule has 0 amide bonds. The van der Waals surface area contributed by atoms with Crippen LogP contribution in [0.2, 0.25) is 0 Å². The molecule has 4 heteroatoms. The maximum Gasteiger partial charge on any atom is 0.124 e. The Labute approximate surface area is 105 Å². The lowest BCUT2D eigenvalue weighted by molar-refractivity contribution is 0.397. The van der Waals surface area contributed by atoms with Gasteiger partial charge in [-0.2, -0.15) is 0 Å². The molecule has 0 saturated carbocycles. The van der Waals surface area contributed by atoms with Crippen molar-refractivity contribution in [2.45, 2.75) is 6.04 Å². The van der Waals surface area contributed by atoms with Gasteiger partial charge in [-0.05, 0) is 29.6 Å². The predicted molar refractivity (Wildman–Crippen MR) is 69.9 cm³/mol. The normalized spacial score (nSPS) is 12.2. The summed E-state index contributed by atoms with van der Waals surface area (Å²) in [5.41, 5.74) is 7.17. The maximum atomic E-state index is 6.24. The van der Waals surface area contributed by atoms with Crippen LogP contribution in [0, 0.1) is 0 Å². The number of nitrogens with two attached hydrogens (primary N) is 1. The van der Waals surface area contributed by atoms with Crippen molar-refractivity contribution in [3.05, 3.63) is 46.2 Å². The second-order valence-electron chi connectivity index (χ2n) is 3.60. The first kappa shape index (κ1) is 12.0. The zero-order chi connectivity index (χ0) is 12.3. The fraction of sp³-hybridized carbons (Fsp3) is 0.231. The van der Waals surface area contributed by atoms with Crippen LogP contribution in [0.15, 0.2) is 35.7 Å². The quantitative estimate of drug-likeness (QED) is 0.906. The van der Waals surface area contributed by atoms with Gasteiger partial charge < -0.3 is 15.2 Å². The zero-order valence-electron chi connectivity index (χ0n) is 9.84. The molecule has 0 radical (unpaired) electrons. The van der Waals surface area contributed by atoms with E-state index in [0.717, 1.165) is 21.9 Å². The molecule has 1 heterocycles. The molecule has 2 aromatic rings. The Kier molecular flexibility index (Phi) is 3.66. The van der Waals surface area contributed by atoms with Gasteiger partial charge in [0.2, 0.25) is 0 Å². The lowest BCUT2D eigenvalue weighted by atomic mass is 10.0. The summed E-state index contributed by atoms with van der Waals surface area (Å²) >= 11 is 1.64. The number of thiophene rings is 1. The van der Waals surface area contributed by atoms with Crippen molar-refractivity contribution < 1.29 is 9.47 Å². The van der Waals surface area contributed by atoms with Crippen molar-refractivity contribution in [1.82, 2.24) is 0 Å². The zero-order valence-corrected chi connectivity index (χ0v) is 10.7. The molecule has 2 rings (SSSR count). The molecule has 1 aromatic heterocycles. The Morgan fingerprint density at radius 3 is 2.59 bits per heavy atom. The summed E-state index contributed by atoms with van der Waals surface area (Å²) in [5.74, 6) is 1.57. The van der Waals surface area contributed by atoms with Gasteiger partial charge in [-0.25, -0.2) is 0 Å². The fourth-order valence-electron chi connectivity index (χ4n) is 1.70. The molecule has 2 N–H and O–H groups in total. The number of hydrogen-bond acceptors (Lipinski definition) is 4. The third-order valence-corrected chi connectivity index (χ3v) is 3.58. The molecule has 90 valence electrons. The van der Waals surface area contributed by atoms with E-state index in [1.54, 1.807) is 25.6 Å². The smallest absolute Gasteiger partial charge is 0.124 e. The highest BCUT2D eigenvalue weighted by Crippen LogP contribution is 2.33. The van der Waals surface area contributed by atoms with E-state index in [4.69, 9.17) is 15.2 Å². The Morgan fingerprint density at radius 1 is 1.18 bits per heavy atom. The van der Waals surface area contributed by atoms with Gasteiger partial charge in [-0.3, -0.25) is 0 Å². The SMILES string of the molecule is COc1ccc(OC)c([C@@H](N)c2cccs2)c1. The highest BCUT2D eigenvalue weighted by molar-refractivity contribution is 7.10. The van der Waals surface area contributed by atoms with E-state index < -0.39 is 0 Å². The highest BCUT2D eigenvalue weighted by Gasteiger charge is 2.15. The summed E-state index contributed by atoms with van der Waals surface area (Å²) < 4.78 is 10.5. The third-order valence-electron chi connectivity index (χ3n) is 2.62. The van der Waals surface area contributed by atoms with E-state index in [-0.39, 0.29) is 6.04 Å². The van der Waals surface area contributed by atoms with Gasteiger partial charge in [0.05, 0.1) is 20.3 Å². The Hall–Kier alpha value is -1.52. The molecule has 0 fully saturated rings. The van der Waals surface area contributed by atoms with Crippen LogP contribution in [-0.4, -0.2) is 14.2 Å². The summed E-state index contributed by atoms with van der Waals surface area (Å²) in [6, 6.07) is 9.50. The van der Waals surface area contributed by atoms with Gasteiger partial charge in [0.1, 0.15) is 11.5 Å². The Morgan fingerprint density at radius 2 is 2.00 bits per heavy atom. The largest absolute Gasteiger partial charge is 0.497 e. The van der Waals surface area contributed by atoms with Crippen LogP contribution in [0.4, 0.5) is 0 Å². The Balaban J connectivity index is 2.41. The topological polar surface area (TPSA) is 44.5 Å². The highest BCUT2D eigenvalue weighted by atomic mass is 32.1. The lowest BCUT2D eigenvalue weighted by Gasteiger charge is -2.15. The number of rotatable bonds is 4. The summed E-state index contributed by atoms with van der Waals surface area (Å²) in [6.07, 6.45) is 0. The molecule has 0 aliphatic heterocycles. The van der Waals surface area contributed by atoms with Gasteiger partial charge in [0.25, 0.3) is 0 Å². The molecule has 3 nitrogen and oxygen atoms in total. The fourth-order valence-corrected chi connectivity index (χ4v) is 2.45. The number of methoxy groups -OCH3 is 2. The van der Waals surface area contributed by atoms with Crippen LogP contribution < -0.4 is 15.2 Å². The van der Waals surface area contributed by atoms with Crippen LogP contribution in [0.3, 0.4) is 0 Å². The molecule has 0 spiro atoms. The minimum absolute atomic E-state index is 0.181. The van der Waals surface area contributed by atoms with Crippen molar-refractivity contribution in [3.63, 3.8) is 0 Å².